The predicted molar refractivity (Wildman–Crippen MR) is 145 cm³/mol. The molecule has 3 aromatic rings. The number of nitrogens with one attached hydrogen (secondary N) is 2. The van der Waals surface area contributed by atoms with E-state index in [1.165, 1.54) is 30.0 Å². The molecule has 1 unspecified atom stereocenters. The number of Topliss-reactive ketones (excluding diaryl/α,β-unsaturated/α-hetero) is 1. The summed E-state index contributed by atoms with van der Waals surface area (Å²) in [5.74, 6) is -1.07. The number of hydrogen-bond donors (Lipinski definition) is 2. The van der Waals surface area contributed by atoms with Crippen LogP contribution in [0.2, 0.25) is 0 Å². The van der Waals surface area contributed by atoms with Crippen LogP contribution < -0.4 is 10.7 Å². The second-order valence-corrected chi connectivity index (χ2v) is 10.4. The first kappa shape index (κ1) is 28.0. The van der Waals surface area contributed by atoms with Gasteiger partial charge in [0.05, 0.1) is 26.3 Å². The van der Waals surface area contributed by atoms with Gasteiger partial charge in [-0.1, -0.05) is 24.3 Å². The fourth-order valence-electron chi connectivity index (χ4n) is 3.39. The lowest BCUT2D eigenvalue weighted by Crippen LogP contribution is -2.22. The summed E-state index contributed by atoms with van der Waals surface area (Å²) in [5, 5.41) is 7.88. The van der Waals surface area contributed by atoms with Crippen LogP contribution in [0.5, 0.6) is 0 Å². The highest BCUT2D eigenvalue weighted by Crippen LogP contribution is 2.31. The Bertz CT molecular complexity index is 1460. The first-order chi connectivity index (χ1) is 18.6. The van der Waals surface area contributed by atoms with E-state index in [4.69, 9.17) is 0 Å². The molecule has 0 saturated carbocycles. The maximum Gasteiger partial charge on any atom is 0.416 e. The number of alkyl halides is 3. The Labute approximate surface area is 229 Å². The zero-order valence-corrected chi connectivity index (χ0v) is 22.0. The van der Waals surface area contributed by atoms with E-state index in [1.807, 2.05) is 0 Å². The average molecular weight is 571 g/mol. The minimum absolute atomic E-state index is 0.233. The number of ketones is 1. The zero-order valence-electron chi connectivity index (χ0n) is 20.4. The van der Waals surface area contributed by atoms with Gasteiger partial charge in [-0.3, -0.25) is 19.4 Å². The SMILES string of the molecule is C/C(=N\NC(=O)c1ccc(C(=O)NCc2ccncc2)s1)C1=CSC(/C=C/c2ccc(C(F)(F)F)cc2)C1=O. The summed E-state index contributed by atoms with van der Waals surface area (Å²) in [4.78, 5) is 42.3. The number of thioether (sulfide) groups is 1. The second kappa shape index (κ2) is 12.2. The molecule has 4 rings (SSSR count). The number of benzene rings is 1. The lowest BCUT2D eigenvalue weighted by atomic mass is 10.1. The molecule has 1 atom stereocenters. The predicted octanol–water partition coefficient (Wildman–Crippen LogP) is 5.48. The molecule has 39 heavy (non-hydrogen) atoms. The number of aromatic nitrogens is 1. The highest BCUT2D eigenvalue weighted by Gasteiger charge is 2.30. The smallest absolute Gasteiger partial charge is 0.347 e. The van der Waals surface area contributed by atoms with Crippen molar-refractivity contribution in [1.82, 2.24) is 15.7 Å². The summed E-state index contributed by atoms with van der Waals surface area (Å²) in [6.45, 7) is 1.91. The van der Waals surface area contributed by atoms with E-state index in [9.17, 15) is 27.6 Å². The maximum atomic E-state index is 12.8. The van der Waals surface area contributed by atoms with Gasteiger partial charge in [0, 0.05) is 24.5 Å². The van der Waals surface area contributed by atoms with Crippen molar-refractivity contribution in [3.05, 3.63) is 104 Å². The normalized spacial score (nSPS) is 15.9. The van der Waals surface area contributed by atoms with Crippen molar-refractivity contribution in [2.45, 2.75) is 24.9 Å². The molecular formula is C27H21F3N4O3S2. The number of thiophene rings is 1. The first-order valence-corrected chi connectivity index (χ1v) is 13.2. The monoisotopic (exact) mass is 570 g/mol. The quantitative estimate of drug-likeness (QED) is 0.276. The number of allylic oxidation sites excluding steroid dienone is 1. The minimum atomic E-state index is -4.41. The first-order valence-electron chi connectivity index (χ1n) is 11.5. The highest BCUT2D eigenvalue weighted by atomic mass is 32.2. The lowest BCUT2D eigenvalue weighted by molar-refractivity contribution is -0.137. The van der Waals surface area contributed by atoms with Crippen LogP contribution in [0.1, 0.15) is 43.0 Å². The van der Waals surface area contributed by atoms with Crippen LogP contribution in [-0.4, -0.2) is 33.5 Å². The van der Waals surface area contributed by atoms with E-state index < -0.39 is 22.9 Å². The molecule has 7 nitrogen and oxygen atoms in total. The third-order valence-electron chi connectivity index (χ3n) is 5.53. The van der Waals surface area contributed by atoms with Crippen molar-refractivity contribution in [3.63, 3.8) is 0 Å². The molecule has 3 heterocycles. The molecule has 2 amide bonds. The van der Waals surface area contributed by atoms with Gasteiger partial charge in [0.25, 0.3) is 11.8 Å². The summed E-state index contributed by atoms with van der Waals surface area (Å²) in [6.07, 6.45) is 2.04. The standard InChI is InChI=1S/C27H21F3N4O3S2/c1-16(20-15-38-21(24(20)35)7-4-17-2-5-19(6-3-17)27(28,29)30)33-34-26(37)23-9-8-22(39-23)25(36)32-14-18-10-12-31-13-11-18/h2-13,15,21H,14H2,1H3,(H,32,36)(H,34,37)/b7-4+,33-16+. The van der Waals surface area contributed by atoms with Gasteiger partial charge >= 0.3 is 6.18 Å². The molecule has 0 fully saturated rings. The third-order valence-corrected chi connectivity index (χ3v) is 7.65. The highest BCUT2D eigenvalue weighted by molar-refractivity contribution is 8.04. The number of halogens is 3. The molecule has 2 aromatic heterocycles. The van der Waals surface area contributed by atoms with Gasteiger partial charge < -0.3 is 5.32 Å². The molecule has 1 aliphatic heterocycles. The molecule has 0 bridgehead atoms. The van der Waals surface area contributed by atoms with Crippen LogP contribution in [0.4, 0.5) is 13.2 Å². The molecule has 2 N–H and O–H groups in total. The van der Waals surface area contributed by atoms with Crippen molar-refractivity contribution in [2.75, 3.05) is 0 Å². The van der Waals surface area contributed by atoms with E-state index in [-0.39, 0.29) is 16.6 Å². The van der Waals surface area contributed by atoms with E-state index in [2.05, 4.69) is 20.8 Å². The molecule has 1 aromatic carbocycles. The summed E-state index contributed by atoms with van der Waals surface area (Å²) in [7, 11) is 0. The van der Waals surface area contributed by atoms with Gasteiger partial charge in [0.1, 0.15) is 0 Å². The van der Waals surface area contributed by atoms with Gasteiger partial charge in [-0.25, -0.2) is 5.43 Å². The van der Waals surface area contributed by atoms with Gasteiger partial charge in [-0.2, -0.15) is 18.3 Å². The Morgan fingerprint density at radius 1 is 1.03 bits per heavy atom. The summed E-state index contributed by atoms with van der Waals surface area (Å²) in [6, 6.07) is 11.3. The van der Waals surface area contributed by atoms with Gasteiger partial charge in [-0.15, -0.1) is 23.1 Å². The molecule has 0 saturated heterocycles. The third kappa shape index (κ3) is 7.30. The van der Waals surface area contributed by atoms with E-state index in [1.54, 1.807) is 55.1 Å². The largest absolute Gasteiger partial charge is 0.416 e. The Morgan fingerprint density at radius 2 is 1.69 bits per heavy atom. The van der Waals surface area contributed by atoms with Crippen LogP contribution in [0.15, 0.2) is 83.1 Å². The number of carbonyl (C=O) groups excluding carboxylic acids is 3. The maximum absolute atomic E-state index is 12.8. The number of nitrogens with zero attached hydrogens (tertiary/aromatic N) is 2. The number of hydrazone groups is 1. The van der Waals surface area contributed by atoms with Crippen LogP contribution in [0.3, 0.4) is 0 Å². The number of amides is 2. The Balaban J connectivity index is 1.30. The van der Waals surface area contributed by atoms with Crippen molar-refractivity contribution in [3.8, 4) is 0 Å². The van der Waals surface area contributed by atoms with Crippen LogP contribution in [0, 0.1) is 0 Å². The molecular weight excluding hydrogens is 549 g/mol. The van der Waals surface area contributed by atoms with Crippen molar-refractivity contribution in [2.24, 2.45) is 5.10 Å². The van der Waals surface area contributed by atoms with Crippen LogP contribution in [-0.2, 0) is 17.5 Å². The van der Waals surface area contributed by atoms with Crippen molar-refractivity contribution < 1.29 is 27.6 Å². The molecule has 1 aliphatic rings. The number of pyridine rings is 1. The summed E-state index contributed by atoms with van der Waals surface area (Å²) < 4.78 is 38.2. The molecule has 12 heteroatoms. The topological polar surface area (TPSA) is 101 Å². The van der Waals surface area contributed by atoms with Gasteiger partial charge in [0.2, 0.25) is 0 Å². The van der Waals surface area contributed by atoms with Gasteiger partial charge in [0.15, 0.2) is 5.78 Å². The van der Waals surface area contributed by atoms with E-state index in [0.29, 0.717) is 28.3 Å². The molecule has 0 spiro atoms. The number of hydrogen-bond acceptors (Lipinski definition) is 7. The molecule has 200 valence electrons. The molecule has 0 radical (unpaired) electrons. The van der Waals surface area contributed by atoms with Crippen LogP contribution in [0.25, 0.3) is 6.08 Å². The van der Waals surface area contributed by atoms with Crippen molar-refractivity contribution >= 4 is 52.5 Å². The Morgan fingerprint density at radius 3 is 2.36 bits per heavy atom. The summed E-state index contributed by atoms with van der Waals surface area (Å²) >= 11 is 2.25. The van der Waals surface area contributed by atoms with Gasteiger partial charge in [-0.05, 0) is 59.9 Å². The summed E-state index contributed by atoms with van der Waals surface area (Å²) in [5.41, 5.74) is 3.71. The second-order valence-electron chi connectivity index (χ2n) is 8.27. The Hall–Kier alpha value is -4.03. The average Bonchev–Trinajstić information content (AvgIpc) is 3.57. The Kier molecular flexibility index (Phi) is 8.77. The van der Waals surface area contributed by atoms with E-state index in [0.717, 1.165) is 29.0 Å². The fourth-order valence-corrected chi connectivity index (χ4v) is 5.20. The molecule has 0 aliphatic carbocycles. The van der Waals surface area contributed by atoms with E-state index >= 15 is 0 Å². The number of rotatable bonds is 8. The van der Waals surface area contributed by atoms with Crippen molar-refractivity contribution in [1.29, 1.82) is 0 Å². The van der Waals surface area contributed by atoms with Crippen LogP contribution >= 0.6 is 23.1 Å². The lowest BCUT2D eigenvalue weighted by Gasteiger charge is -2.06. The zero-order chi connectivity index (χ0) is 28.0. The fraction of sp³-hybridized carbons (Fsp3) is 0.148. The number of carbonyl (C=O) groups is 3. The minimum Gasteiger partial charge on any atom is -0.347 e.